The van der Waals surface area contributed by atoms with E-state index in [1.165, 1.54) is 37.8 Å². The average molecular weight is 420 g/mol. The number of rotatable bonds is 3. The molecule has 0 bridgehead atoms. The number of halogens is 1. The SMILES string of the molecule is O=C(NCc1cccc(F)c1)[C@@H]1CC[C@H]2[C@@H]3CCC4[C@H](C=Cc5nccn54)[C@H]3CC[C@@H]21. The first-order chi connectivity index (χ1) is 15.2. The van der Waals surface area contributed by atoms with Gasteiger partial charge in [0.2, 0.25) is 5.91 Å². The van der Waals surface area contributed by atoms with Crippen LogP contribution in [0.15, 0.2) is 42.7 Å². The molecule has 1 unspecified atom stereocenters. The summed E-state index contributed by atoms with van der Waals surface area (Å²) >= 11 is 0. The number of hydrogen-bond donors (Lipinski definition) is 1. The minimum atomic E-state index is -0.249. The minimum absolute atomic E-state index is 0.124. The maximum atomic E-state index is 13.4. The highest BCUT2D eigenvalue weighted by molar-refractivity contribution is 5.79. The van der Waals surface area contributed by atoms with Crippen LogP contribution in [0.1, 0.15) is 56.0 Å². The van der Waals surface area contributed by atoms with Gasteiger partial charge in [-0.1, -0.05) is 18.2 Å². The standard InChI is InChI=1S/C26H30FN3O/c27-17-3-1-2-16(14-17)15-29-26(31)23-7-6-18-19-8-10-24-22(20(19)4-5-21(18)23)9-11-25-28-12-13-30(24)25/h1-3,9,11-14,18-24H,4-8,10,15H2,(H,29,31)/t18-,19-,20-,21-,22+,23+,24?/m0/s1. The van der Waals surface area contributed by atoms with Gasteiger partial charge in [0, 0.05) is 36.8 Å². The Morgan fingerprint density at radius 2 is 1.87 bits per heavy atom. The van der Waals surface area contributed by atoms with Crippen molar-refractivity contribution in [2.24, 2.45) is 35.5 Å². The average Bonchev–Trinajstić information content (AvgIpc) is 3.44. The summed E-state index contributed by atoms with van der Waals surface area (Å²) in [6.07, 6.45) is 15.8. The third-order valence-electron chi connectivity index (χ3n) is 8.76. The zero-order valence-corrected chi connectivity index (χ0v) is 17.8. The summed E-state index contributed by atoms with van der Waals surface area (Å²) < 4.78 is 15.8. The highest BCUT2D eigenvalue weighted by Gasteiger charge is 2.52. The van der Waals surface area contributed by atoms with Crippen LogP contribution in [-0.4, -0.2) is 15.5 Å². The van der Waals surface area contributed by atoms with Crippen LogP contribution in [0.2, 0.25) is 0 Å². The first-order valence-corrected chi connectivity index (χ1v) is 11.9. The molecule has 4 aliphatic rings. The van der Waals surface area contributed by atoms with E-state index in [1.807, 2.05) is 12.3 Å². The van der Waals surface area contributed by atoms with Gasteiger partial charge in [0.25, 0.3) is 0 Å². The number of fused-ring (bicyclic) bond motifs is 7. The van der Waals surface area contributed by atoms with Crippen LogP contribution in [-0.2, 0) is 11.3 Å². The second kappa shape index (κ2) is 7.61. The number of aromatic nitrogens is 2. The lowest BCUT2D eigenvalue weighted by Gasteiger charge is -2.51. The quantitative estimate of drug-likeness (QED) is 0.762. The van der Waals surface area contributed by atoms with E-state index in [-0.39, 0.29) is 17.6 Å². The first kappa shape index (κ1) is 19.3. The number of hydrogen-bond acceptors (Lipinski definition) is 2. The van der Waals surface area contributed by atoms with Gasteiger partial charge in [0.05, 0.1) is 0 Å². The molecule has 0 radical (unpaired) electrons. The molecule has 1 aromatic carbocycles. The Hall–Kier alpha value is -2.43. The highest BCUT2D eigenvalue weighted by atomic mass is 19.1. The highest BCUT2D eigenvalue weighted by Crippen LogP contribution is 2.58. The van der Waals surface area contributed by atoms with Crippen molar-refractivity contribution in [3.63, 3.8) is 0 Å². The van der Waals surface area contributed by atoms with E-state index >= 15 is 0 Å². The van der Waals surface area contributed by atoms with E-state index in [1.54, 1.807) is 6.07 Å². The number of nitrogens with one attached hydrogen (secondary N) is 1. The summed E-state index contributed by atoms with van der Waals surface area (Å²) in [6.45, 7) is 0.415. The van der Waals surface area contributed by atoms with E-state index in [2.05, 4.69) is 33.2 Å². The summed E-state index contributed by atoms with van der Waals surface area (Å²) in [7, 11) is 0. The Bertz CT molecular complexity index is 1010. The van der Waals surface area contributed by atoms with Crippen molar-refractivity contribution in [1.29, 1.82) is 0 Å². The van der Waals surface area contributed by atoms with E-state index < -0.39 is 0 Å². The van der Waals surface area contributed by atoms with Crippen molar-refractivity contribution in [2.45, 2.75) is 51.1 Å². The van der Waals surface area contributed by atoms with Gasteiger partial charge in [-0.25, -0.2) is 9.37 Å². The zero-order valence-electron chi connectivity index (χ0n) is 17.8. The van der Waals surface area contributed by atoms with Crippen molar-refractivity contribution >= 4 is 12.0 Å². The molecule has 0 saturated heterocycles. The summed E-state index contributed by atoms with van der Waals surface area (Å²) in [5.41, 5.74) is 0.827. The van der Waals surface area contributed by atoms with Crippen LogP contribution in [0.3, 0.4) is 0 Å². The number of imidazole rings is 1. The molecule has 3 fully saturated rings. The lowest BCUT2D eigenvalue weighted by atomic mass is 9.56. The van der Waals surface area contributed by atoms with Crippen LogP contribution in [0.5, 0.6) is 0 Å². The predicted octanol–water partition coefficient (Wildman–Crippen LogP) is 4.99. The molecule has 2 heterocycles. The molecule has 2 aromatic rings. The molecule has 5 heteroatoms. The smallest absolute Gasteiger partial charge is 0.223 e. The summed E-state index contributed by atoms with van der Waals surface area (Å²) in [4.78, 5) is 17.5. The van der Waals surface area contributed by atoms with Crippen molar-refractivity contribution in [3.05, 3.63) is 59.9 Å². The second-order valence-electron chi connectivity index (χ2n) is 10.0. The Balaban J connectivity index is 1.13. The molecule has 1 N–H and O–H groups in total. The fraction of sp³-hybridized carbons (Fsp3) is 0.538. The van der Waals surface area contributed by atoms with Crippen LogP contribution < -0.4 is 5.32 Å². The molecule has 1 aliphatic heterocycles. The Labute approximate surface area is 182 Å². The van der Waals surface area contributed by atoms with E-state index in [9.17, 15) is 9.18 Å². The molecule has 1 amide bonds. The third-order valence-corrected chi connectivity index (χ3v) is 8.76. The van der Waals surface area contributed by atoms with Crippen molar-refractivity contribution in [2.75, 3.05) is 0 Å². The van der Waals surface area contributed by atoms with Crippen LogP contribution >= 0.6 is 0 Å². The van der Waals surface area contributed by atoms with E-state index in [4.69, 9.17) is 0 Å². The van der Waals surface area contributed by atoms with Gasteiger partial charge in [0.15, 0.2) is 0 Å². The molecule has 1 aromatic heterocycles. The van der Waals surface area contributed by atoms with Gasteiger partial charge < -0.3 is 9.88 Å². The van der Waals surface area contributed by atoms with Gasteiger partial charge in [-0.15, -0.1) is 0 Å². The molecule has 0 spiro atoms. The number of carbonyl (C=O) groups excluding carboxylic acids is 1. The zero-order chi connectivity index (χ0) is 20.9. The Morgan fingerprint density at radius 1 is 1.06 bits per heavy atom. The van der Waals surface area contributed by atoms with Crippen LogP contribution in [0.25, 0.3) is 6.08 Å². The maximum Gasteiger partial charge on any atom is 0.223 e. The fourth-order valence-electron chi connectivity index (χ4n) is 7.53. The van der Waals surface area contributed by atoms with Gasteiger partial charge >= 0.3 is 0 Å². The topological polar surface area (TPSA) is 46.9 Å². The molecule has 4 nitrogen and oxygen atoms in total. The van der Waals surface area contributed by atoms with Crippen LogP contribution in [0, 0.1) is 41.3 Å². The van der Waals surface area contributed by atoms with Crippen molar-refractivity contribution < 1.29 is 9.18 Å². The molecule has 31 heavy (non-hydrogen) atoms. The number of amides is 1. The number of allylic oxidation sites excluding steroid dienone is 1. The van der Waals surface area contributed by atoms with E-state index in [0.717, 1.165) is 36.1 Å². The fourth-order valence-corrected chi connectivity index (χ4v) is 7.53. The maximum absolute atomic E-state index is 13.4. The molecule has 3 aliphatic carbocycles. The van der Waals surface area contributed by atoms with Crippen molar-refractivity contribution in [1.82, 2.24) is 14.9 Å². The second-order valence-corrected chi connectivity index (χ2v) is 10.0. The first-order valence-electron chi connectivity index (χ1n) is 11.9. The molecular formula is C26H30FN3O. The van der Waals surface area contributed by atoms with Gasteiger partial charge in [-0.2, -0.15) is 0 Å². The van der Waals surface area contributed by atoms with Gasteiger partial charge in [-0.3, -0.25) is 4.79 Å². The van der Waals surface area contributed by atoms with E-state index in [0.29, 0.717) is 30.3 Å². The van der Waals surface area contributed by atoms with Crippen molar-refractivity contribution in [3.8, 4) is 0 Å². The summed E-state index contributed by atoms with van der Waals surface area (Å²) in [6, 6.07) is 7.08. The summed E-state index contributed by atoms with van der Waals surface area (Å²) in [5, 5.41) is 3.10. The lowest BCUT2D eigenvalue weighted by molar-refractivity contribution is -0.127. The molecule has 162 valence electrons. The summed E-state index contributed by atoms with van der Waals surface area (Å²) in [5.74, 6) is 4.44. The number of nitrogens with zero attached hydrogens (tertiary/aromatic N) is 2. The van der Waals surface area contributed by atoms with Crippen LogP contribution in [0.4, 0.5) is 4.39 Å². The van der Waals surface area contributed by atoms with Gasteiger partial charge in [0.1, 0.15) is 11.6 Å². The lowest BCUT2D eigenvalue weighted by Crippen LogP contribution is -2.45. The molecule has 3 saturated carbocycles. The normalized spacial score (nSPS) is 35.6. The monoisotopic (exact) mass is 419 g/mol. The Morgan fingerprint density at radius 3 is 2.77 bits per heavy atom. The predicted molar refractivity (Wildman–Crippen MR) is 117 cm³/mol. The number of carbonyl (C=O) groups is 1. The molecule has 6 rings (SSSR count). The molecule has 7 atom stereocenters. The number of benzene rings is 1. The largest absolute Gasteiger partial charge is 0.352 e. The van der Waals surface area contributed by atoms with Gasteiger partial charge in [-0.05, 0) is 86.0 Å². The Kier molecular flexibility index (Phi) is 4.73. The minimum Gasteiger partial charge on any atom is -0.352 e. The third kappa shape index (κ3) is 3.24. The molecular weight excluding hydrogens is 389 g/mol.